The lowest BCUT2D eigenvalue weighted by Crippen LogP contribution is -2.42. The molecule has 1 fully saturated rings. The van der Waals surface area contributed by atoms with Gasteiger partial charge in [0.25, 0.3) is 5.91 Å². The fourth-order valence-corrected chi connectivity index (χ4v) is 4.98. The quantitative estimate of drug-likeness (QED) is 0.178. The highest BCUT2D eigenvalue weighted by atomic mass is 79.9. The SMILES string of the molecule is O=C(NC(Cc1ccc(-c2ccccc2Oc2ccccc2)cc1)C(=O)O)c1cc(Br)ccc1NC(=O)C1CCC1. The standard InChI is InChI=1S/C33H29BrN2O5/c34-24-17-18-28(35-31(37)23-7-6-8-23)27(20-24)32(38)36-29(33(39)40)19-21-13-15-22(16-14-21)26-11-4-5-12-30(26)41-25-9-2-1-3-10-25/h1-5,9-18,20,23,29H,6-8,19H2,(H,35,37)(H,36,38)(H,39,40). The van der Waals surface area contributed by atoms with Crippen LogP contribution in [0.1, 0.15) is 35.2 Å². The Kier molecular flexibility index (Phi) is 8.79. The molecule has 41 heavy (non-hydrogen) atoms. The number of halogens is 1. The monoisotopic (exact) mass is 612 g/mol. The summed E-state index contributed by atoms with van der Waals surface area (Å²) in [5.74, 6) is -0.478. The van der Waals surface area contributed by atoms with Gasteiger partial charge < -0.3 is 20.5 Å². The number of ether oxygens (including phenoxy) is 1. The molecule has 1 aliphatic rings. The van der Waals surface area contributed by atoms with Crippen molar-refractivity contribution in [2.45, 2.75) is 31.7 Å². The highest BCUT2D eigenvalue weighted by Gasteiger charge is 2.27. The van der Waals surface area contributed by atoms with Gasteiger partial charge in [-0.3, -0.25) is 9.59 Å². The Morgan fingerprint density at radius 1 is 0.902 bits per heavy atom. The number of carboxylic acids is 1. The number of carbonyl (C=O) groups is 3. The van der Waals surface area contributed by atoms with Crippen LogP contribution in [-0.2, 0) is 16.0 Å². The number of hydrogen-bond donors (Lipinski definition) is 3. The van der Waals surface area contributed by atoms with Gasteiger partial charge in [-0.25, -0.2) is 4.79 Å². The Morgan fingerprint density at radius 2 is 1.61 bits per heavy atom. The Labute approximate surface area is 246 Å². The Hall–Kier alpha value is -4.43. The van der Waals surface area contributed by atoms with Crippen molar-refractivity contribution in [2.75, 3.05) is 5.32 Å². The number of hydrogen-bond acceptors (Lipinski definition) is 4. The number of anilines is 1. The lowest BCUT2D eigenvalue weighted by molar-refractivity contribution is -0.139. The van der Waals surface area contributed by atoms with E-state index in [0.717, 1.165) is 41.7 Å². The minimum absolute atomic E-state index is 0.0545. The molecule has 4 aromatic rings. The molecule has 0 radical (unpaired) electrons. The summed E-state index contributed by atoms with van der Waals surface area (Å²) in [5, 5.41) is 15.4. The van der Waals surface area contributed by atoms with E-state index >= 15 is 0 Å². The first-order valence-corrected chi connectivity index (χ1v) is 14.2. The van der Waals surface area contributed by atoms with Crippen LogP contribution in [0.25, 0.3) is 11.1 Å². The molecular weight excluding hydrogens is 584 g/mol. The highest BCUT2D eigenvalue weighted by Crippen LogP contribution is 2.33. The summed E-state index contributed by atoms with van der Waals surface area (Å²) in [6.07, 6.45) is 2.76. The summed E-state index contributed by atoms with van der Waals surface area (Å²) in [6.45, 7) is 0. The van der Waals surface area contributed by atoms with Gasteiger partial charge in [0.1, 0.15) is 17.5 Å². The summed E-state index contributed by atoms with van der Waals surface area (Å²) in [5.41, 5.74) is 3.11. The number of amides is 2. The third kappa shape index (κ3) is 7.02. The molecule has 1 saturated carbocycles. The van der Waals surface area contributed by atoms with Crippen LogP contribution >= 0.6 is 15.9 Å². The number of para-hydroxylation sites is 2. The summed E-state index contributed by atoms with van der Waals surface area (Å²) in [7, 11) is 0. The molecule has 1 aliphatic carbocycles. The summed E-state index contributed by atoms with van der Waals surface area (Å²) in [4.78, 5) is 37.9. The second kappa shape index (κ2) is 12.8. The van der Waals surface area contributed by atoms with Gasteiger partial charge in [0.05, 0.1) is 11.3 Å². The smallest absolute Gasteiger partial charge is 0.326 e. The molecule has 5 rings (SSSR count). The maximum atomic E-state index is 13.2. The molecule has 8 heteroatoms. The van der Waals surface area contributed by atoms with Crippen LogP contribution in [0.5, 0.6) is 11.5 Å². The van der Waals surface area contributed by atoms with Gasteiger partial charge in [0.2, 0.25) is 5.91 Å². The van der Waals surface area contributed by atoms with Gasteiger partial charge in [0, 0.05) is 22.4 Å². The highest BCUT2D eigenvalue weighted by molar-refractivity contribution is 9.10. The molecule has 0 heterocycles. The normalized spacial score (nSPS) is 13.5. The lowest BCUT2D eigenvalue weighted by Gasteiger charge is -2.24. The van der Waals surface area contributed by atoms with E-state index < -0.39 is 17.9 Å². The van der Waals surface area contributed by atoms with Crippen molar-refractivity contribution >= 4 is 39.4 Å². The topological polar surface area (TPSA) is 105 Å². The fourth-order valence-electron chi connectivity index (χ4n) is 4.62. The number of aliphatic carboxylic acids is 1. The lowest BCUT2D eigenvalue weighted by atomic mass is 9.85. The van der Waals surface area contributed by atoms with E-state index in [-0.39, 0.29) is 23.8 Å². The van der Waals surface area contributed by atoms with Gasteiger partial charge in [-0.1, -0.05) is 83.0 Å². The molecule has 4 aromatic carbocycles. The van der Waals surface area contributed by atoms with E-state index in [4.69, 9.17) is 4.74 Å². The molecule has 208 valence electrons. The van der Waals surface area contributed by atoms with Crippen LogP contribution in [0.3, 0.4) is 0 Å². The van der Waals surface area contributed by atoms with Crippen LogP contribution in [0.2, 0.25) is 0 Å². The Balaban J connectivity index is 1.29. The first-order valence-electron chi connectivity index (χ1n) is 13.4. The second-order valence-corrected chi connectivity index (χ2v) is 10.9. The first-order chi connectivity index (χ1) is 19.9. The number of nitrogens with one attached hydrogen (secondary N) is 2. The molecular formula is C33H29BrN2O5. The van der Waals surface area contributed by atoms with Gasteiger partial charge in [-0.15, -0.1) is 0 Å². The summed E-state index contributed by atoms with van der Waals surface area (Å²) >= 11 is 3.37. The van der Waals surface area contributed by atoms with Crippen LogP contribution in [-0.4, -0.2) is 28.9 Å². The summed E-state index contributed by atoms with van der Waals surface area (Å²) in [6, 6.07) is 28.5. The van der Waals surface area contributed by atoms with E-state index in [2.05, 4.69) is 26.6 Å². The molecule has 0 saturated heterocycles. The van der Waals surface area contributed by atoms with E-state index in [1.54, 1.807) is 18.2 Å². The maximum Gasteiger partial charge on any atom is 0.326 e. The minimum Gasteiger partial charge on any atom is -0.480 e. The van der Waals surface area contributed by atoms with Crippen LogP contribution in [0.4, 0.5) is 5.69 Å². The largest absolute Gasteiger partial charge is 0.480 e. The van der Waals surface area contributed by atoms with Crippen LogP contribution < -0.4 is 15.4 Å². The third-order valence-electron chi connectivity index (χ3n) is 7.13. The summed E-state index contributed by atoms with van der Waals surface area (Å²) < 4.78 is 6.73. The van der Waals surface area contributed by atoms with E-state index in [0.29, 0.717) is 15.9 Å². The molecule has 2 amide bonds. The molecule has 0 aliphatic heterocycles. The molecule has 0 spiro atoms. The van der Waals surface area contributed by atoms with Crippen LogP contribution in [0, 0.1) is 5.92 Å². The Bertz CT molecular complexity index is 1550. The zero-order chi connectivity index (χ0) is 28.8. The number of benzene rings is 4. The van der Waals surface area contributed by atoms with E-state index in [1.165, 1.54) is 0 Å². The molecule has 3 N–H and O–H groups in total. The molecule has 0 bridgehead atoms. The van der Waals surface area contributed by atoms with Gasteiger partial charge >= 0.3 is 5.97 Å². The van der Waals surface area contributed by atoms with Crippen molar-refractivity contribution in [1.82, 2.24) is 5.32 Å². The van der Waals surface area contributed by atoms with Gasteiger partial charge in [0.15, 0.2) is 0 Å². The average molecular weight is 614 g/mol. The number of carbonyl (C=O) groups excluding carboxylic acids is 2. The first kappa shape index (κ1) is 28.1. The predicted octanol–water partition coefficient (Wildman–Crippen LogP) is 7.07. The molecule has 1 unspecified atom stereocenters. The van der Waals surface area contributed by atoms with E-state index in [9.17, 15) is 19.5 Å². The average Bonchev–Trinajstić information content (AvgIpc) is 2.94. The van der Waals surface area contributed by atoms with Crippen molar-refractivity contribution in [3.05, 3.63) is 113 Å². The van der Waals surface area contributed by atoms with Crippen LogP contribution in [0.15, 0.2) is 102 Å². The zero-order valence-corrected chi connectivity index (χ0v) is 23.8. The fraction of sp³-hybridized carbons (Fsp3) is 0.182. The van der Waals surface area contributed by atoms with Crippen molar-refractivity contribution in [1.29, 1.82) is 0 Å². The van der Waals surface area contributed by atoms with Gasteiger partial charge in [-0.2, -0.15) is 0 Å². The van der Waals surface area contributed by atoms with Crippen molar-refractivity contribution in [3.8, 4) is 22.6 Å². The zero-order valence-electron chi connectivity index (χ0n) is 22.2. The predicted molar refractivity (Wildman–Crippen MR) is 161 cm³/mol. The molecule has 0 aromatic heterocycles. The molecule has 1 atom stereocenters. The molecule has 7 nitrogen and oxygen atoms in total. The minimum atomic E-state index is -1.17. The second-order valence-electron chi connectivity index (χ2n) is 9.98. The van der Waals surface area contributed by atoms with Crippen molar-refractivity contribution in [2.24, 2.45) is 5.92 Å². The number of rotatable bonds is 10. The van der Waals surface area contributed by atoms with Crippen molar-refractivity contribution < 1.29 is 24.2 Å². The third-order valence-corrected chi connectivity index (χ3v) is 7.62. The number of carboxylic acid groups (broad SMARTS) is 1. The van der Waals surface area contributed by atoms with Gasteiger partial charge in [-0.05, 0) is 60.4 Å². The van der Waals surface area contributed by atoms with Crippen molar-refractivity contribution in [3.63, 3.8) is 0 Å². The Morgan fingerprint density at radius 3 is 2.29 bits per heavy atom. The maximum absolute atomic E-state index is 13.2. The van der Waals surface area contributed by atoms with E-state index in [1.807, 2.05) is 78.9 Å².